The maximum Gasteiger partial charge on any atom is 0.228 e. The summed E-state index contributed by atoms with van der Waals surface area (Å²) in [5.41, 5.74) is 8.98. The third-order valence-electron chi connectivity index (χ3n) is 5.15. The zero-order valence-corrected chi connectivity index (χ0v) is 14.0. The van der Waals surface area contributed by atoms with Gasteiger partial charge in [-0.15, -0.1) is 0 Å². The molecule has 1 aromatic carbocycles. The number of aliphatic hydroxyl groups is 1. The number of hydrogen-bond donors (Lipinski definition) is 3. The highest BCUT2D eigenvalue weighted by molar-refractivity contribution is 5.86. The molecule has 1 fully saturated rings. The number of amides is 1. The fourth-order valence-corrected chi connectivity index (χ4v) is 3.77. The number of fused-ring (bicyclic) bond motifs is 1. The number of carbonyl (C=O) groups is 1. The molecule has 0 aromatic heterocycles. The zero-order chi connectivity index (χ0) is 16.8. The van der Waals surface area contributed by atoms with E-state index in [9.17, 15) is 4.79 Å². The van der Waals surface area contributed by atoms with Crippen molar-refractivity contribution in [2.75, 3.05) is 37.0 Å². The molecule has 4 N–H and O–H groups in total. The third-order valence-corrected chi connectivity index (χ3v) is 5.15. The number of hydrogen-bond acceptors (Lipinski definition) is 5. The summed E-state index contributed by atoms with van der Waals surface area (Å²) in [6.07, 6.45) is 0.415. The summed E-state index contributed by atoms with van der Waals surface area (Å²) in [6, 6.07) is 6.29. The Morgan fingerprint density at radius 3 is 2.78 bits per heavy atom. The van der Waals surface area contributed by atoms with Crippen LogP contribution in [-0.4, -0.2) is 48.9 Å². The molecule has 6 heteroatoms. The summed E-state index contributed by atoms with van der Waals surface area (Å²) in [5.74, 6) is 0.368. The molecule has 2 heterocycles. The van der Waals surface area contributed by atoms with E-state index in [0.717, 1.165) is 23.5 Å². The Labute approximate surface area is 137 Å². The Morgan fingerprint density at radius 2 is 2.17 bits per heavy atom. The maximum absolute atomic E-state index is 12.3. The largest absolute Gasteiger partial charge is 0.396 e. The minimum Gasteiger partial charge on any atom is -0.396 e. The van der Waals surface area contributed by atoms with Gasteiger partial charge in [-0.3, -0.25) is 10.5 Å². The summed E-state index contributed by atoms with van der Waals surface area (Å²) < 4.78 is 0. The van der Waals surface area contributed by atoms with Gasteiger partial charge in [-0.2, -0.15) is 0 Å². The van der Waals surface area contributed by atoms with Crippen LogP contribution in [0.5, 0.6) is 0 Å². The summed E-state index contributed by atoms with van der Waals surface area (Å²) in [7, 11) is 1.86. The number of likely N-dealkylation sites (N-methyl/N-ethyl adjacent to an activating group) is 1. The van der Waals surface area contributed by atoms with E-state index in [1.807, 2.05) is 25.8 Å². The first-order valence-corrected chi connectivity index (χ1v) is 8.15. The molecular formula is C17H26N4O2. The molecule has 126 valence electrons. The van der Waals surface area contributed by atoms with Gasteiger partial charge in [0.2, 0.25) is 5.91 Å². The van der Waals surface area contributed by atoms with Crippen molar-refractivity contribution in [3.05, 3.63) is 23.8 Å². The van der Waals surface area contributed by atoms with Crippen molar-refractivity contribution in [3.8, 4) is 0 Å². The molecule has 2 aliphatic rings. The number of carbonyl (C=O) groups excluding carboxylic acids is 1. The minimum atomic E-state index is -0.389. The molecule has 3 rings (SSSR count). The van der Waals surface area contributed by atoms with Gasteiger partial charge in [0.25, 0.3) is 0 Å². The van der Waals surface area contributed by atoms with Crippen LogP contribution < -0.4 is 16.0 Å². The second-order valence-corrected chi connectivity index (χ2v) is 7.10. The van der Waals surface area contributed by atoms with Crippen molar-refractivity contribution in [1.82, 2.24) is 4.90 Å². The third kappa shape index (κ3) is 2.56. The van der Waals surface area contributed by atoms with Crippen LogP contribution in [0.25, 0.3) is 0 Å². The number of nitrogens with two attached hydrogens (primary N) is 1. The quantitative estimate of drug-likeness (QED) is 0.775. The van der Waals surface area contributed by atoms with E-state index in [0.29, 0.717) is 13.0 Å². The van der Waals surface area contributed by atoms with Gasteiger partial charge in [0.1, 0.15) is 0 Å². The number of rotatable bonds is 4. The van der Waals surface area contributed by atoms with E-state index < -0.39 is 0 Å². The molecule has 23 heavy (non-hydrogen) atoms. The highest BCUT2D eigenvalue weighted by Crippen LogP contribution is 2.45. The average Bonchev–Trinajstić information content (AvgIpc) is 2.93. The number of aliphatic hydroxyl groups excluding tert-OH is 1. The lowest BCUT2D eigenvalue weighted by Gasteiger charge is -2.25. The minimum absolute atomic E-state index is 0.154. The van der Waals surface area contributed by atoms with E-state index in [2.05, 4.69) is 28.4 Å². The molecule has 1 amide bonds. The van der Waals surface area contributed by atoms with E-state index in [-0.39, 0.29) is 30.1 Å². The van der Waals surface area contributed by atoms with E-state index in [4.69, 9.17) is 10.8 Å². The van der Waals surface area contributed by atoms with Gasteiger partial charge in [-0.1, -0.05) is 19.9 Å². The van der Waals surface area contributed by atoms with Crippen LogP contribution in [0.3, 0.4) is 0 Å². The highest BCUT2D eigenvalue weighted by atomic mass is 16.3. The van der Waals surface area contributed by atoms with Crippen LogP contribution in [0, 0.1) is 5.41 Å². The van der Waals surface area contributed by atoms with Gasteiger partial charge >= 0.3 is 0 Å². The number of anilines is 2. The Bertz CT molecular complexity index is 617. The van der Waals surface area contributed by atoms with Gasteiger partial charge in [-0.05, 0) is 24.1 Å². The Morgan fingerprint density at radius 1 is 1.43 bits per heavy atom. The van der Waals surface area contributed by atoms with Gasteiger partial charge in [0.15, 0.2) is 6.29 Å². The average molecular weight is 318 g/mol. The van der Waals surface area contributed by atoms with Crippen molar-refractivity contribution in [3.63, 3.8) is 0 Å². The normalized spacial score (nSPS) is 25.7. The summed E-state index contributed by atoms with van der Waals surface area (Å²) in [4.78, 5) is 16.2. The number of nitrogens with one attached hydrogen (secondary N) is 1. The van der Waals surface area contributed by atoms with Gasteiger partial charge in [0.05, 0.1) is 16.8 Å². The number of benzene rings is 1. The SMILES string of the molecule is CN1CC(c2ccc3c(c2)NC(N)N3CCCO)C(C)(C)C1=O. The summed E-state index contributed by atoms with van der Waals surface area (Å²) in [6.45, 7) is 5.65. The van der Waals surface area contributed by atoms with Crippen molar-refractivity contribution < 1.29 is 9.90 Å². The van der Waals surface area contributed by atoms with Crippen LogP contribution in [-0.2, 0) is 4.79 Å². The molecule has 0 saturated carbocycles. The molecule has 0 spiro atoms. The van der Waals surface area contributed by atoms with Crippen LogP contribution in [0.15, 0.2) is 18.2 Å². The number of likely N-dealkylation sites (tertiary alicyclic amines) is 1. The first-order valence-electron chi connectivity index (χ1n) is 8.15. The summed E-state index contributed by atoms with van der Waals surface area (Å²) in [5, 5.41) is 12.3. The number of nitrogens with zero attached hydrogens (tertiary/aromatic N) is 2. The topological polar surface area (TPSA) is 81.8 Å². The molecule has 0 radical (unpaired) electrons. The Balaban J connectivity index is 1.88. The van der Waals surface area contributed by atoms with Gasteiger partial charge in [0, 0.05) is 32.7 Å². The van der Waals surface area contributed by atoms with Crippen LogP contribution in [0.4, 0.5) is 11.4 Å². The van der Waals surface area contributed by atoms with Crippen molar-refractivity contribution in [2.24, 2.45) is 11.1 Å². The maximum atomic E-state index is 12.3. The summed E-state index contributed by atoms with van der Waals surface area (Å²) >= 11 is 0. The highest BCUT2D eigenvalue weighted by Gasteiger charge is 2.46. The first kappa shape index (κ1) is 16.1. The molecule has 0 aliphatic carbocycles. The van der Waals surface area contributed by atoms with Crippen LogP contribution in [0.1, 0.15) is 31.7 Å². The zero-order valence-electron chi connectivity index (χ0n) is 14.0. The predicted molar refractivity (Wildman–Crippen MR) is 91.2 cm³/mol. The molecule has 1 aromatic rings. The lowest BCUT2D eigenvalue weighted by molar-refractivity contribution is -0.133. The molecule has 0 bridgehead atoms. The van der Waals surface area contributed by atoms with Crippen molar-refractivity contribution in [2.45, 2.75) is 32.5 Å². The van der Waals surface area contributed by atoms with Gasteiger partial charge in [-0.25, -0.2) is 0 Å². The standard InChI is InChI=1S/C17H26N4O2/c1-17(2)12(10-20(3)15(17)23)11-5-6-14-13(9-11)19-16(18)21(14)7-4-8-22/h5-6,9,12,16,19,22H,4,7-8,10,18H2,1-3H3. The van der Waals surface area contributed by atoms with E-state index in [1.54, 1.807) is 0 Å². The molecular weight excluding hydrogens is 292 g/mol. The van der Waals surface area contributed by atoms with E-state index in [1.165, 1.54) is 0 Å². The Kier molecular flexibility index (Phi) is 3.98. The molecule has 6 nitrogen and oxygen atoms in total. The molecule has 1 saturated heterocycles. The molecule has 2 aliphatic heterocycles. The molecule has 2 atom stereocenters. The van der Waals surface area contributed by atoms with Crippen LogP contribution >= 0.6 is 0 Å². The molecule has 2 unspecified atom stereocenters. The second kappa shape index (κ2) is 5.69. The lowest BCUT2D eigenvalue weighted by Crippen LogP contribution is -2.43. The predicted octanol–water partition coefficient (Wildman–Crippen LogP) is 1.12. The lowest BCUT2D eigenvalue weighted by atomic mass is 9.77. The first-order chi connectivity index (χ1) is 10.9. The van der Waals surface area contributed by atoms with Gasteiger partial charge < -0.3 is 20.2 Å². The smallest absolute Gasteiger partial charge is 0.228 e. The van der Waals surface area contributed by atoms with E-state index >= 15 is 0 Å². The fraction of sp³-hybridized carbons (Fsp3) is 0.588. The van der Waals surface area contributed by atoms with Crippen LogP contribution in [0.2, 0.25) is 0 Å². The second-order valence-electron chi connectivity index (χ2n) is 7.10. The monoisotopic (exact) mass is 318 g/mol. The fourth-order valence-electron chi connectivity index (χ4n) is 3.77. The van der Waals surface area contributed by atoms with Crippen molar-refractivity contribution in [1.29, 1.82) is 0 Å². The Hall–Kier alpha value is -1.79. The van der Waals surface area contributed by atoms with Crippen molar-refractivity contribution >= 4 is 17.3 Å².